The van der Waals surface area contributed by atoms with Gasteiger partial charge in [-0.15, -0.1) is 0 Å². The Kier molecular flexibility index (Phi) is 27.6. The highest BCUT2D eigenvalue weighted by Gasteiger charge is 2.21. The molecule has 0 N–H and O–H groups in total. The van der Waals surface area contributed by atoms with Gasteiger partial charge in [0.1, 0.15) is 28.8 Å². The third-order valence-corrected chi connectivity index (χ3v) is 20.1. The summed E-state index contributed by atoms with van der Waals surface area (Å²) in [5, 5.41) is 5.32. The van der Waals surface area contributed by atoms with Crippen LogP contribution < -0.4 is 18.9 Å². The van der Waals surface area contributed by atoms with Crippen molar-refractivity contribution in [3.8, 4) is 118 Å². The molecule has 10 rings (SSSR count). The lowest BCUT2D eigenvalue weighted by atomic mass is 9.92. The van der Waals surface area contributed by atoms with Gasteiger partial charge in [0.05, 0.1) is 32.1 Å². The maximum absolute atomic E-state index is 17.1. The fourth-order valence-corrected chi connectivity index (χ4v) is 13.3. The first-order chi connectivity index (χ1) is 48.5. The molecule has 9 aromatic carbocycles. The van der Waals surface area contributed by atoms with Crippen LogP contribution in [0, 0.1) is 29.5 Å². The molecule has 8 heteroatoms. The zero-order chi connectivity index (χ0) is 69.3. The molecule has 0 bridgehead atoms. The van der Waals surface area contributed by atoms with E-state index in [4.69, 9.17) is 29.0 Å². The van der Waals surface area contributed by atoms with Crippen LogP contribution in [0.5, 0.6) is 23.0 Å². The Morgan fingerprint density at radius 1 is 0.313 bits per heavy atom. The first-order valence-corrected chi connectivity index (χ1v) is 37.7. The molecule has 518 valence electrons. The molecule has 0 fully saturated rings. The fourth-order valence-electron chi connectivity index (χ4n) is 13.3. The first kappa shape index (κ1) is 73.0. The van der Waals surface area contributed by atoms with E-state index >= 15 is 4.39 Å². The summed E-state index contributed by atoms with van der Waals surface area (Å²) in [6, 6.07) is 70.0. The van der Waals surface area contributed by atoms with Crippen LogP contribution in [0.1, 0.15) is 177 Å². The Hall–Kier alpha value is -8.75. The van der Waals surface area contributed by atoms with Gasteiger partial charge in [-0.2, -0.15) is 5.10 Å². The van der Waals surface area contributed by atoms with Gasteiger partial charge in [0.2, 0.25) is 0 Å². The minimum atomic E-state index is -0.327. The lowest BCUT2D eigenvalue weighted by molar-refractivity contribution is 0.233. The molecule has 0 radical (unpaired) electrons. The van der Waals surface area contributed by atoms with E-state index in [0.717, 1.165) is 158 Å². The molecule has 0 saturated carbocycles. The molecule has 0 saturated heterocycles. The van der Waals surface area contributed by atoms with Crippen molar-refractivity contribution in [3.63, 3.8) is 0 Å². The summed E-state index contributed by atoms with van der Waals surface area (Å²) in [5.41, 5.74) is 15.5. The maximum Gasteiger partial charge on any atom is 0.163 e. The molecule has 1 aromatic heterocycles. The molecule has 0 aliphatic heterocycles. The van der Waals surface area contributed by atoms with E-state index in [1.807, 2.05) is 16.8 Å². The van der Waals surface area contributed by atoms with Crippen LogP contribution in [0.25, 0.3) is 95.0 Å². The summed E-state index contributed by atoms with van der Waals surface area (Å²) in [6.07, 6.45) is 20.3. The molecule has 7 nitrogen and oxygen atoms in total. The van der Waals surface area contributed by atoms with Gasteiger partial charge in [-0.3, -0.25) is 0 Å². The van der Waals surface area contributed by atoms with Gasteiger partial charge in [-0.1, -0.05) is 236 Å². The van der Waals surface area contributed by atoms with Crippen molar-refractivity contribution >= 4 is 0 Å². The van der Waals surface area contributed by atoms with Gasteiger partial charge in [0.25, 0.3) is 0 Å². The Balaban J connectivity index is 1.01. The van der Waals surface area contributed by atoms with Gasteiger partial charge in [0.15, 0.2) is 11.6 Å². The zero-order valence-corrected chi connectivity index (χ0v) is 60.8. The third kappa shape index (κ3) is 20.2. The number of aromatic nitrogens is 3. The van der Waals surface area contributed by atoms with Crippen LogP contribution in [0.4, 0.5) is 4.39 Å². The minimum Gasteiger partial charge on any atom is -0.493 e. The van der Waals surface area contributed by atoms with Crippen LogP contribution in [-0.4, -0.2) is 41.2 Å². The van der Waals surface area contributed by atoms with Gasteiger partial charge in [0, 0.05) is 17.5 Å². The van der Waals surface area contributed by atoms with Crippen LogP contribution >= 0.6 is 0 Å². The van der Waals surface area contributed by atoms with Crippen LogP contribution in [0.2, 0.25) is 0 Å². The van der Waals surface area contributed by atoms with Crippen molar-refractivity contribution < 1.29 is 23.3 Å². The summed E-state index contributed by atoms with van der Waals surface area (Å²) >= 11 is 0. The highest BCUT2D eigenvalue weighted by Crippen LogP contribution is 2.40. The normalized spacial score (nSPS) is 12.7. The lowest BCUT2D eigenvalue weighted by Crippen LogP contribution is -2.11. The molecule has 0 amide bonds. The van der Waals surface area contributed by atoms with E-state index in [-0.39, 0.29) is 5.82 Å². The van der Waals surface area contributed by atoms with E-state index in [1.54, 1.807) is 6.07 Å². The number of benzene rings is 9. The number of rotatable bonds is 39. The molecule has 4 atom stereocenters. The number of unbranched alkanes of at least 4 members (excludes halogenated alkanes) is 4. The van der Waals surface area contributed by atoms with Crippen molar-refractivity contribution in [1.82, 2.24) is 14.8 Å². The third-order valence-electron chi connectivity index (χ3n) is 20.1. The minimum absolute atomic E-state index is 0.327. The molecule has 1 heterocycles. The van der Waals surface area contributed by atoms with E-state index < -0.39 is 0 Å². The topological polar surface area (TPSA) is 67.6 Å². The van der Waals surface area contributed by atoms with Gasteiger partial charge >= 0.3 is 0 Å². The first-order valence-electron chi connectivity index (χ1n) is 37.7. The molecule has 4 unspecified atom stereocenters. The Morgan fingerprint density at radius 3 is 0.899 bits per heavy atom. The smallest absolute Gasteiger partial charge is 0.163 e. The summed E-state index contributed by atoms with van der Waals surface area (Å²) in [6.45, 7) is 23.0. The fraction of sp³-hybridized carbons (Fsp3) is 0.385. The molecular weight excluding hydrogens is 1220 g/mol. The van der Waals surface area contributed by atoms with Crippen molar-refractivity contribution in [2.24, 2.45) is 23.7 Å². The molecule has 0 spiro atoms. The summed E-state index contributed by atoms with van der Waals surface area (Å²) in [5.74, 6) is 6.70. The maximum atomic E-state index is 17.1. The van der Waals surface area contributed by atoms with Crippen molar-refractivity contribution in [3.05, 3.63) is 212 Å². The number of ether oxygens (including phenoxy) is 4. The summed E-state index contributed by atoms with van der Waals surface area (Å²) in [7, 11) is 0. The monoisotopic (exact) mass is 1330 g/mol. The Labute approximate surface area is 592 Å². The largest absolute Gasteiger partial charge is 0.493 e. The summed E-state index contributed by atoms with van der Waals surface area (Å²) in [4.78, 5) is 5.32. The second-order valence-electron chi connectivity index (χ2n) is 27.4. The van der Waals surface area contributed by atoms with Crippen molar-refractivity contribution in [2.75, 3.05) is 26.4 Å². The number of hydrogen-bond acceptors (Lipinski definition) is 6. The Bertz CT molecular complexity index is 3840. The van der Waals surface area contributed by atoms with Crippen LogP contribution in [0.15, 0.2) is 200 Å². The number of nitrogens with zero attached hydrogens (tertiary/aromatic N) is 3. The van der Waals surface area contributed by atoms with Gasteiger partial charge in [-0.05, 0) is 231 Å². The van der Waals surface area contributed by atoms with Gasteiger partial charge < -0.3 is 18.9 Å². The molecule has 10 aromatic rings. The zero-order valence-electron chi connectivity index (χ0n) is 60.8. The highest BCUT2D eigenvalue weighted by molar-refractivity contribution is 5.84. The average molecular weight is 1330 g/mol. The lowest BCUT2D eigenvalue weighted by Gasteiger charge is -2.17. The van der Waals surface area contributed by atoms with Crippen molar-refractivity contribution in [2.45, 2.75) is 178 Å². The molecule has 0 aliphatic rings. The Morgan fingerprint density at radius 2 is 0.596 bits per heavy atom. The van der Waals surface area contributed by atoms with Crippen LogP contribution in [0.3, 0.4) is 0 Å². The predicted molar refractivity (Wildman–Crippen MR) is 414 cm³/mol. The molecular formula is C91H108FN3O4. The van der Waals surface area contributed by atoms with Crippen LogP contribution in [-0.2, 0) is 6.42 Å². The predicted octanol–water partition coefficient (Wildman–Crippen LogP) is 26.1. The van der Waals surface area contributed by atoms with Crippen molar-refractivity contribution in [1.29, 1.82) is 0 Å². The van der Waals surface area contributed by atoms with Gasteiger partial charge in [-0.25, -0.2) is 14.1 Å². The number of aryl methyl sites for hydroxylation is 1. The van der Waals surface area contributed by atoms with E-state index in [1.165, 1.54) is 77.0 Å². The summed E-state index contributed by atoms with van der Waals surface area (Å²) < 4.78 is 44.5. The molecule has 0 aliphatic carbocycles. The van der Waals surface area contributed by atoms with E-state index in [9.17, 15) is 0 Å². The van der Waals surface area contributed by atoms with E-state index in [2.05, 4.69) is 244 Å². The average Bonchev–Trinajstić information content (AvgIpc) is 1.74. The second-order valence-corrected chi connectivity index (χ2v) is 27.4. The second kappa shape index (κ2) is 37.4. The number of hydrogen-bond donors (Lipinski definition) is 0. The SMILES string of the molecule is CCCCC(CC)COc1ccc(-c2ccc(-c3cc(-c4ccc(-c5ccc(OCC(CC)CCCC)cc5)cc4)cc(-n4nc(CCC)nc4-c4ccc(F)c(-c5cc(-c6ccc(OCC(CC)CCCC)cc6)cc(-c6ccc(OCC(CC)CCCC)cc6)c5)c4)c3)cc2)cc1. The highest BCUT2D eigenvalue weighted by atomic mass is 19.1. The molecule has 99 heavy (non-hydrogen) atoms. The number of halogens is 1. The quantitative estimate of drug-likeness (QED) is 0.0382. The standard InChI is InChI=1S/C91H108FN3O4/c1-10-19-24-65(15-6)61-96-84-45-36-71(37-46-84)69-28-32-73(33-29-69)80-55-81(74-34-30-70(31-35-74)72-38-47-85(48-39-72)97-62-66(16-7)25-20-11-2)59-83(58-80)95-91(93-90(94-95)23-14-5)77-44-53-89(92)88(60-77)82-56-78(75-40-49-86(50-41-75)98-63-67(17-8)26-21-12-3)54-79(57-82)76-42-51-87(52-43-76)99-64-68(18-9)27-22-13-4/h28-60,65-68H,10-27,61-64H2,1-9H3. The van der Waals surface area contributed by atoms with E-state index in [0.29, 0.717) is 54.7 Å².